The van der Waals surface area contributed by atoms with E-state index in [1.54, 1.807) is 24.3 Å². The van der Waals surface area contributed by atoms with Gasteiger partial charge in [0.2, 0.25) is 0 Å². The van der Waals surface area contributed by atoms with E-state index in [9.17, 15) is 4.39 Å². The van der Waals surface area contributed by atoms with Crippen molar-refractivity contribution in [3.8, 4) is 11.5 Å². The first-order chi connectivity index (χ1) is 9.51. The predicted molar refractivity (Wildman–Crippen MR) is 80.8 cm³/mol. The van der Waals surface area contributed by atoms with Crippen LogP contribution in [-0.4, -0.2) is 11.0 Å². The summed E-state index contributed by atoms with van der Waals surface area (Å²) in [5.41, 5.74) is 5.93. The van der Waals surface area contributed by atoms with Gasteiger partial charge in [-0.3, -0.25) is 0 Å². The molecule has 0 saturated carbocycles. The number of amidine groups is 1. The Morgan fingerprint density at radius 1 is 1.10 bits per heavy atom. The van der Waals surface area contributed by atoms with Crippen LogP contribution in [0.1, 0.15) is 5.56 Å². The van der Waals surface area contributed by atoms with E-state index in [-0.39, 0.29) is 17.3 Å². The molecule has 0 aromatic heterocycles. The van der Waals surface area contributed by atoms with Gasteiger partial charge in [0.25, 0.3) is 0 Å². The van der Waals surface area contributed by atoms with Crippen LogP contribution < -0.4 is 10.5 Å². The van der Waals surface area contributed by atoms with Crippen LogP contribution in [0.15, 0.2) is 50.5 Å². The second kappa shape index (κ2) is 6.23. The lowest BCUT2D eigenvalue weighted by Crippen LogP contribution is -2.14. The number of benzene rings is 2. The van der Waals surface area contributed by atoms with Gasteiger partial charge in [-0.15, -0.1) is 0 Å². The molecular formula is C13H9Br2FN2O2. The third-order valence-electron chi connectivity index (χ3n) is 2.44. The molecule has 0 amide bonds. The van der Waals surface area contributed by atoms with E-state index < -0.39 is 5.82 Å². The number of rotatable bonds is 3. The van der Waals surface area contributed by atoms with Gasteiger partial charge in [0.05, 0.1) is 5.56 Å². The SMILES string of the molecule is N/C(=N/O)c1cc(Br)ccc1Oc1ccc(Br)cc1F. The zero-order valence-corrected chi connectivity index (χ0v) is 13.2. The zero-order chi connectivity index (χ0) is 14.7. The Labute approximate surface area is 131 Å². The van der Waals surface area contributed by atoms with Gasteiger partial charge in [0, 0.05) is 8.95 Å². The average Bonchev–Trinajstić information content (AvgIpc) is 2.42. The maximum atomic E-state index is 13.8. The van der Waals surface area contributed by atoms with Crippen molar-refractivity contribution in [1.82, 2.24) is 0 Å². The molecule has 2 aromatic carbocycles. The minimum atomic E-state index is -0.521. The summed E-state index contributed by atoms with van der Waals surface area (Å²) in [6.07, 6.45) is 0. The summed E-state index contributed by atoms with van der Waals surface area (Å²) in [6, 6.07) is 9.34. The van der Waals surface area contributed by atoms with Gasteiger partial charge >= 0.3 is 0 Å². The number of hydrogen-bond acceptors (Lipinski definition) is 3. The van der Waals surface area contributed by atoms with E-state index in [1.165, 1.54) is 12.1 Å². The van der Waals surface area contributed by atoms with E-state index in [1.807, 2.05) is 0 Å². The van der Waals surface area contributed by atoms with E-state index >= 15 is 0 Å². The fraction of sp³-hybridized carbons (Fsp3) is 0. The third-order valence-corrected chi connectivity index (χ3v) is 3.43. The molecule has 0 radical (unpaired) electrons. The number of oxime groups is 1. The molecule has 0 spiro atoms. The lowest BCUT2D eigenvalue weighted by Gasteiger charge is -2.11. The summed E-state index contributed by atoms with van der Waals surface area (Å²) in [4.78, 5) is 0. The summed E-state index contributed by atoms with van der Waals surface area (Å²) >= 11 is 6.44. The molecular weight excluding hydrogens is 395 g/mol. The second-order valence-corrected chi connectivity index (χ2v) is 5.63. The molecule has 2 aromatic rings. The topological polar surface area (TPSA) is 67.8 Å². The Morgan fingerprint density at radius 3 is 2.30 bits per heavy atom. The van der Waals surface area contributed by atoms with E-state index in [2.05, 4.69) is 37.0 Å². The van der Waals surface area contributed by atoms with Gasteiger partial charge in [-0.25, -0.2) is 4.39 Å². The molecule has 0 aliphatic carbocycles. The van der Waals surface area contributed by atoms with Gasteiger partial charge in [-0.05, 0) is 36.4 Å². The first kappa shape index (κ1) is 14.8. The quantitative estimate of drug-likeness (QED) is 0.348. The highest BCUT2D eigenvalue weighted by molar-refractivity contribution is 9.10. The van der Waals surface area contributed by atoms with Crippen LogP contribution in [0.3, 0.4) is 0 Å². The second-order valence-electron chi connectivity index (χ2n) is 3.80. The molecule has 0 heterocycles. The molecule has 0 saturated heterocycles. The van der Waals surface area contributed by atoms with Crippen molar-refractivity contribution in [3.05, 3.63) is 56.7 Å². The number of nitrogens with two attached hydrogens (primary N) is 1. The van der Waals surface area contributed by atoms with Crippen LogP contribution in [0.4, 0.5) is 4.39 Å². The number of ether oxygens (including phenoxy) is 1. The van der Waals surface area contributed by atoms with Gasteiger partial charge in [-0.1, -0.05) is 37.0 Å². The molecule has 3 N–H and O–H groups in total. The van der Waals surface area contributed by atoms with E-state index in [0.29, 0.717) is 10.0 Å². The number of nitrogens with zero attached hydrogens (tertiary/aromatic N) is 1. The Bertz CT molecular complexity index is 677. The molecule has 104 valence electrons. The van der Waals surface area contributed by atoms with Crippen LogP contribution in [0.5, 0.6) is 11.5 Å². The number of hydrogen-bond donors (Lipinski definition) is 2. The maximum absolute atomic E-state index is 13.8. The standard InChI is InChI=1S/C13H9Br2FN2O2/c14-7-1-3-11(9(5-7)13(17)18-19)20-12-4-2-8(15)6-10(12)16/h1-6,19H,(H2,17,18). The van der Waals surface area contributed by atoms with Crippen molar-refractivity contribution < 1.29 is 14.3 Å². The zero-order valence-electron chi connectivity index (χ0n) is 9.98. The first-order valence-electron chi connectivity index (χ1n) is 5.41. The summed E-state index contributed by atoms with van der Waals surface area (Å²) in [7, 11) is 0. The molecule has 4 nitrogen and oxygen atoms in total. The highest BCUT2D eigenvalue weighted by Crippen LogP contribution is 2.30. The lowest BCUT2D eigenvalue weighted by atomic mass is 10.2. The predicted octanol–water partition coefficient (Wildman–Crippen LogP) is 4.24. The van der Waals surface area contributed by atoms with Crippen LogP contribution in [0.2, 0.25) is 0 Å². The average molecular weight is 404 g/mol. The maximum Gasteiger partial charge on any atom is 0.173 e. The van der Waals surface area contributed by atoms with Crippen molar-refractivity contribution in [2.24, 2.45) is 10.9 Å². The molecule has 20 heavy (non-hydrogen) atoms. The van der Waals surface area contributed by atoms with Crippen molar-refractivity contribution in [2.45, 2.75) is 0 Å². The minimum Gasteiger partial charge on any atom is -0.454 e. The van der Waals surface area contributed by atoms with Gasteiger partial charge in [0.15, 0.2) is 17.4 Å². The van der Waals surface area contributed by atoms with Crippen LogP contribution >= 0.6 is 31.9 Å². The summed E-state index contributed by atoms with van der Waals surface area (Å²) in [5.74, 6) is -0.321. The van der Waals surface area contributed by atoms with E-state index in [0.717, 1.165) is 4.47 Å². The minimum absolute atomic E-state index is 0.0440. The molecule has 2 rings (SSSR count). The molecule has 0 unspecified atom stereocenters. The third kappa shape index (κ3) is 3.29. The van der Waals surface area contributed by atoms with E-state index in [4.69, 9.17) is 15.7 Å². The molecule has 0 aliphatic heterocycles. The Kier molecular flexibility index (Phi) is 4.61. The van der Waals surface area contributed by atoms with Crippen molar-refractivity contribution in [1.29, 1.82) is 0 Å². The fourth-order valence-corrected chi connectivity index (χ4v) is 2.22. The summed E-state index contributed by atoms with van der Waals surface area (Å²) in [6.45, 7) is 0. The van der Waals surface area contributed by atoms with Crippen LogP contribution in [0, 0.1) is 5.82 Å². The Morgan fingerprint density at radius 2 is 1.70 bits per heavy atom. The Balaban J connectivity index is 2.43. The highest BCUT2D eigenvalue weighted by Gasteiger charge is 2.12. The Hall–Kier alpha value is -1.60. The van der Waals surface area contributed by atoms with Crippen molar-refractivity contribution >= 4 is 37.7 Å². The van der Waals surface area contributed by atoms with Crippen LogP contribution in [0.25, 0.3) is 0 Å². The fourth-order valence-electron chi connectivity index (χ4n) is 1.52. The first-order valence-corrected chi connectivity index (χ1v) is 7.00. The van der Waals surface area contributed by atoms with Gasteiger partial charge in [-0.2, -0.15) is 0 Å². The van der Waals surface area contributed by atoms with Gasteiger partial charge in [0.1, 0.15) is 5.75 Å². The monoisotopic (exact) mass is 402 g/mol. The normalized spacial score (nSPS) is 11.4. The summed E-state index contributed by atoms with van der Waals surface area (Å²) in [5, 5.41) is 11.7. The summed E-state index contributed by atoms with van der Waals surface area (Å²) < 4.78 is 20.6. The van der Waals surface area contributed by atoms with Crippen LogP contribution in [-0.2, 0) is 0 Å². The number of halogens is 3. The highest BCUT2D eigenvalue weighted by atomic mass is 79.9. The molecule has 0 atom stereocenters. The van der Waals surface area contributed by atoms with Gasteiger partial charge < -0.3 is 15.7 Å². The molecule has 0 bridgehead atoms. The lowest BCUT2D eigenvalue weighted by molar-refractivity contribution is 0.318. The smallest absolute Gasteiger partial charge is 0.173 e. The van der Waals surface area contributed by atoms with Crippen molar-refractivity contribution in [3.63, 3.8) is 0 Å². The molecule has 7 heteroatoms. The van der Waals surface area contributed by atoms with Crippen molar-refractivity contribution in [2.75, 3.05) is 0 Å². The largest absolute Gasteiger partial charge is 0.454 e. The molecule has 0 aliphatic rings. The molecule has 0 fully saturated rings.